The summed E-state index contributed by atoms with van der Waals surface area (Å²) in [6.07, 6.45) is 4.80. The van der Waals surface area contributed by atoms with Crippen molar-refractivity contribution in [2.75, 3.05) is 18.5 Å². The number of anilines is 1. The molecule has 0 unspecified atom stereocenters. The summed E-state index contributed by atoms with van der Waals surface area (Å²) >= 11 is 0. The van der Waals surface area contributed by atoms with Gasteiger partial charge in [-0.05, 0) is 55.9 Å². The zero-order chi connectivity index (χ0) is 23.6. The van der Waals surface area contributed by atoms with Crippen LogP contribution in [0.15, 0.2) is 72.0 Å². The Labute approximate surface area is 191 Å². The average Bonchev–Trinajstić information content (AvgIpc) is 3.28. The fourth-order valence-electron chi connectivity index (χ4n) is 3.44. The molecule has 0 saturated carbocycles. The number of carbonyl (C=O) groups is 1. The molecule has 0 bridgehead atoms. The molecule has 1 amide bonds. The molecule has 0 fully saturated rings. The number of nitrogens with zero attached hydrogens (tertiary/aromatic N) is 5. The van der Waals surface area contributed by atoms with E-state index >= 15 is 0 Å². The average molecular weight is 461 g/mol. The number of hydrogen-bond donors (Lipinski definition) is 1. The molecule has 4 aromatic rings. The van der Waals surface area contributed by atoms with Gasteiger partial charge in [0.25, 0.3) is 5.91 Å². The summed E-state index contributed by atoms with van der Waals surface area (Å²) in [5.74, 6) is 0.219. The Morgan fingerprint density at radius 2 is 1.91 bits per heavy atom. The summed E-state index contributed by atoms with van der Waals surface area (Å²) in [5.41, 5.74) is 3.10. The third kappa shape index (κ3) is 4.19. The third-order valence-electron chi connectivity index (χ3n) is 5.23. The van der Waals surface area contributed by atoms with Crippen LogP contribution in [0.2, 0.25) is 0 Å². The number of pyridine rings is 2. The maximum absolute atomic E-state index is 13.2. The molecule has 166 valence electrons. The molecular weight excluding hydrogens is 440 g/mol. The first-order valence-electron chi connectivity index (χ1n) is 10.1. The van der Waals surface area contributed by atoms with Gasteiger partial charge in [0.05, 0.1) is 22.2 Å². The van der Waals surface area contributed by atoms with Crippen LogP contribution in [0.3, 0.4) is 0 Å². The van der Waals surface area contributed by atoms with Gasteiger partial charge in [0, 0.05) is 30.1 Å². The van der Waals surface area contributed by atoms with E-state index < -0.39 is 10.0 Å². The van der Waals surface area contributed by atoms with E-state index in [-0.39, 0.29) is 10.8 Å². The second kappa shape index (κ2) is 8.82. The van der Waals surface area contributed by atoms with Gasteiger partial charge in [-0.2, -0.15) is 10.4 Å². The number of amides is 1. The standard InChI is InChI=1S/C23H20N6O3S/c1-3-28(22-9-4-16(13-24)14-26-22)23(30)18-10-11-29-21(12-18)20(15-27-29)17-5-7-19(8-6-17)33(31,32)25-2/h4-12,14-15,25H,3H2,1-2H3. The number of aromatic nitrogens is 3. The molecule has 9 nitrogen and oxygen atoms in total. The van der Waals surface area contributed by atoms with Crippen molar-refractivity contribution < 1.29 is 13.2 Å². The number of carbonyl (C=O) groups excluding carboxylic acids is 1. The molecule has 33 heavy (non-hydrogen) atoms. The number of sulfonamides is 1. The van der Waals surface area contributed by atoms with E-state index in [2.05, 4.69) is 14.8 Å². The van der Waals surface area contributed by atoms with E-state index in [1.807, 2.05) is 13.0 Å². The number of nitriles is 1. The van der Waals surface area contributed by atoms with Crippen molar-refractivity contribution in [3.63, 3.8) is 0 Å². The Balaban J connectivity index is 1.70. The van der Waals surface area contributed by atoms with E-state index in [0.717, 1.165) is 11.1 Å². The molecule has 0 aliphatic rings. The van der Waals surface area contributed by atoms with E-state index in [4.69, 9.17) is 5.26 Å². The van der Waals surface area contributed by atoms with E-state index in [1.54, 1.807) is 53.3 Å². The van der Waals surface area contributed by atoms with Crippen LogP contribution in [0.5, 0.6) is 0 Å². The highest BCUT2D eigenvalue weighted by Gasteiger charge is 2.19. The summed E-state index contributed by atoms with van der Waals surface area (Å²) < 4.78 is 27.9. The first kappa shape index (κ1) is 22.1. The smallest absolute Gasteiger partial charge is 0.259 e. The van der Waals surface area contributed by atoms with Crippen LogP contribution < -0.4 is 9.62 Å². The minimum atomic E-state index is -3.53. The van der Waals surface area contributed by atoms with Gasteiger partial charge in [0.15, 0.2) is 0 Å². The van der Waals surface area contributed by atoms with Gasteiger partial charge in [0.2, 0.25) is 10.0 Å². The lowest BCUT2D eigenvalue weighted by Gasteiger charge is -2.20. The minimum Gasteiger partial charge on any atom is -0.293 e. The lowest BCUT2D eigenvalue weighted by atomic mass is 10.1. The second-order valence-corrected chi connectivity index (χ2v) is 8.99. The van der Waals surface area contributed by atoms with Gasteiger partial charge in [0.1, 0.15) is 11.9 Å². The number of hydrogen-bond acceptors (Lipinski definition) is 6. The molecule has 1 aromatic carbocycles. The van der Waals surface area contributed by atoms with Crippen molar-refractivity contribution in [3.8, 4) is 17.2 Å². The van der Waals surface area contributed by atoms with Gasteiger partial charge in [-0.15, -0.1) is 0 Å². The maximum Gasteiger partial charge on any atom is 0.259 e. The van der Waals surface area contributed by atoms with Crippen molar-refractivity contribution in [1.29, 1.82) is 5.26 Å². The summed E-state index contributed by atoms with van der Waals surface area (Å²) in [6.45, 7) is 2.25. The van der Waals surface area contributed by atoms with Gasteiger partial charge >= 0.3 is 0 Å². The molecule has 0 radical (unpaired) electrons. The maximum atomic E-state index is 13.2. The Hall–Kier alpha value is -4.07. The van der Waals surface area contributed by atoms with Crippen LogP contribution in [0.1, 0.15) is 22.8 Å². The summed E-state index contributed by atoms with van der Waals surface area (Å²) in [7, 11) is -2.17. The third-order valence-corrected chi connectivity index (χ3v) is 6.66. The van der Waals surface area contributed by atoms with Crippen molar-refractivity contribution in [2.45, 2.75) is 11.8 Å². The lowest BCUT2D eigenvalue weighted by Crippen LogP contribution is -2.31. The monoisotopic (exact) mass is 460 g/mol. The zero-order valence-electron chi connectivity index (χ0n) is 17.9. The van der Waals surface area contributed by atoms with E-state index in [1.165, 1.54) is 30.3 Å². The van der Waals surface area contributed by atoms with Crippen LogP contribution in [-0.2, 0) is 10.0 Å². The first-order valence-corrected chi connectivity index (χ1v) is 11.6. The Kier molecular flexibility index (Phi) is 5.91. The largest absolute Gasteiger partial charge is 0.293 e. The van der Waals surface area contributed by atoms with Crippen molar-refractivity contribution in [1.82, 2.24) is 19.3 Å². The quantitative estimate of drug-likeness (QED) is 0.472. The number of rotatable bonds is 6. The Morgan fingerprint density at radius 1 is 1.15 bits per heavy atom. The van der Waals surface area contributed by atoms with Crippen LogP contribution in [-0.4, -0.2) is 42.5 Å². The molecular formula is C23H20N6O3S. The molecule has 1 N–H and O–H groups in total. The zero-order valence-corrected chi connectivity index (χ0v) is 18.7. The second-order valence-electron chi connectivity index (χ2n) is 7.10. The van der Waals surface area contributed by atoms with E-state index in [0.29, 0.717) is 29.0 Å². The highest BCUT2D eigenvalue weighted by atomic mass is 32.2. The molecule has 0 aliphatic carbocycles. The molecule has 0 spiro atoms. The molecule has 10 heteroatoms. The van der Waals surface area contributed by atoms with Crippen LogP contribution in [0, 0.1) is 11.3 Å². The Bertz CT molecular complexity index is 1470. The van der Waals surface area contributed by atoms with Crippen molar-refractivity contribution >= 4 is 27.3 Å². The highest BCUT2D eigenvalue weighted by Crippen LogP contribution is 2.27. The van der Waals surface area contributed by atoms with Gasteiger partial charge < -0.3 is 0 Å². The summed E-state index contributed by atoms with van der Waals surface area (Å²) in [6, 6.07) is 15.2. The predicted molar refractivity (Wildman–Crippen MR) is 123 cm³/mol. The fraction of sp³-hybridized carbons (Fsp3) is 0.130. The van der Waals surface area contributed by atoms with E-state index in [9.17, 15) is 13.2 Å². The molecule has 3 heterocycles. The van der Waals surface area contributed by atoms with Crippen molar-refractivity contribution in [3.05, 3.63) is 78.2 Å². The normalized spacial score (nSPS) is 11.3. The molecule has 4 rings (SSSR count). The topological polar surface area (TPSA) is 120 Å². The summed E-state index contributed by atoms with van der Waals surface area (Å²) in [5, 5.41) is 13.3. The van der Waals surface area contributed by atoms with Crippen LogP contribution in [0.4, 0.5) is 5.82 Å². The van der Waals surface area contributed by atoms with Crippen molar-refractivity contribution in [2.24, 2.45) is 0 Å². The summed E-state index contributed by atoms with van der Waals surface area (Å²) in [4.78, 5) is 19.2. The first-order chi connectivity index (χ1) is 15.9. The SMILES string of the molecule is CCN(C(=O)c1ccn2ncc(-c3ccc(S(=O)(=O)NC)cc3)c2c1)c1ccc(C#N)cn1. The molecule has 0 saturated heterocycles. The van der Waals surface area contributed by atoms with Gasteiger partial charge in [-0.3, -0.25) is 9.69 Å². The minimum absolute atomic E-state index is 0.162. The van der Waals surface area contributed by atoms with Crippen LogP contribution >= 0.6 is 0 Å². The lowest BCUT2D eigenvalue weighted by molar-refractivity contribution is 0.0987. The number of benzene rings is 1. The van der Waals surface area contributed by atoms with Gasteiger partial charge in [-0.25, -0.2) is 22.6 Å². The molecule has 0 aliphatic heterocycles. The predicted octanol–water partition coefficient (Wildman–Crippen LogP) is 2.84. The Morgan fingerprint density at radius 3 is 2.52 bits per heavy atom. The van der Waals surface area contributed by atoms with Crippen LogP contribution in [0.25, 0.3) is 16.6 Å². The fourth-order valence-corrected chi connectivity index (χ4v) is 4.18. The number of nitrogens with one attached hydrogen (secondary N) is 1. The highest BCUT2D eigenvalue weighted by molar-refractivity contribution is 7.89. The van der Waals surface area contributed by atoms with Gasteiger partial charge in [-0.1, -0.05) is 12.1 Å². The molecule has 0 atom stereocenters. The molecule has 3 aromatic heterocycles. The number of fused-ring (bicyclic) bond motifs is 1.